The summed E-state index contributed by atoms with van der Waals surface area (Å²) in [5.41, 5.74) is 1.30. The molecule has 0 bridgehead atoms. The van der Waals surface area contributed by atoms with Crippen molar-refractivity contribution in [3.8, 4) is 6.07 Å². The zero-order valence-corrected chi connectivity index (χ0v) is 7.63. The lowest BCUT2D eigenvalue weighted by Gasteiger charge is -1.90. The maximum atomic E-state index is 8.72. The number of hydrogen-bond donors (Lipinski definition) is 0. The Bertz CT molecular complexity index is 467. The van der Waals surface area contributed by atoms with Crippen molar-refractivity contribution in [3.63, 3.8) is 0 Å². The highest BCUT2D eigenvalue weighted by Crippen LogP contribution is 2.27. The van der Waals surface area contributed by atoms with Crippen molar-refractivity contribution < 1.29 is 4.42 Å². The fraction of sp³-hybridized carbons (Fsp3) is 0. The summed E-state index contributed by atoms with van der Waals surface area (Å²) in [7, 11) is 0. The summed E-state index contributed by atoms with van der Waals surface area (Å²) >= 11 is 3.36. The van der Waals surface area contributed by atoms with E-state index in [2.05, 4.69) is 22.0 Å². The first-order valence-corrected chi connectivity index (χ1v) is 4.18. The number of fused-ring (bicyclic) bond motifs is 1. The Morgan fingerprint density at radius 3 is 3.00 bits per heavy atom. The Kier molecular flexibility index (Phi) is 1.63. The Labute approximate surface area is 77.5 Å². The van der Waals surface area contributed by atoms with Crippen LogP contribution in [0, 0.1) is 11.3 Å². The van der Waals surface area contributed by atoms with Gasteiger partial charge in [0.25, 0.3) is 0 Å². The van der Waals surface area contributed by atoms with Gasteiger partial charge in [0.05, 0.1) is 10.9 Å². The smallest absolute Gasteiger partial charge is 0.136 e. The highest BCUT2D eigenvalue weighted by Gasteiger charge is 2.07. The number of rotatable bonds is 0. The molecule has 0 fully saturated rings. The lowest BCUT2D eigenvalue weighted by atomic mass is 10.2. The molecule has 1 aromatic carbocycles. The SMILES string of the molecule is N#Cc1coc2cccc(Br)c12. The van der Waals surface area contributed by atoms with Gasteiger partial charge in [-0.3, -0.25) is 0 Å². The van der Waals surface area contributed by atoms with Gasteiger partial charge in [-0.2, -0.15) is 5.26 Å². The molecule has 2 aromatic rings. The number of benzene rings is 1. The Hall–Kier alpha value is -1.27. The minimum atomic E-state index is 0.567. The lowest BCUT2D eigenvalue weighted by molar-refractivity contribution is 0.614. The van der Waals surface area contributed by atoms with Crippen LogP contribution in [0.15, 0.2) is 33.4 Å². The van der Waals surface area contributed by atoms with E-state index >= 15 is 0 Å². The summed E-state index contributed by atoms with van der Waals surface area (Å²) in [6, 6.07) is 7.66. The van der Waals surface area contributed by atoms with Gasteiger partial charge in [-0.25, -0.2) is 0 Å². The molecule has 1 aromatic heterocycles. The van der Waals surface area contributed by atoms with Gasteiger partial charge in [0.2, 0.25) is 0 Å². The van der Waals surface area contributed by atoms with Crippen LogP contribution < -0.4 is 0 Å². The Balaban J connectivity index is 2.95. The van der Waals surface area contributed by atoms with Crippen LogP contribution in [0.1, 0.15) is 5.56 Å². The number of hydrogen-bond acceptors (Lipinski definition) is 2. The third-order valence-electron chi connectivity index (χ3n) is 1.67. The second-order valence-electron chi connectivity index (χ2n) is 2.37. The first-order valence-electron chi connectivity index (χ1n) is 3.39. The zero-order valence-electron chi connectivity index (χ0n) is 6.04. The standard InChI is InChI=1S/C9H4BrNO/c10-7-2-1-3-8-9(7)6(4-11)5-12-8/h1-3,5H. The highest BCUT2D eigenvalue weighted by atomic mass is 79.9. The number of halogens is 1. The molecule has 0 spiro atoms. The van der Waals surface area contributed by atoms with E-state index < -0.39 is 0 Å². The van der Waals surface area contributed by atoms with E-state index in [1.165, 1.54) is 6.26 Å². The molecule has 0 aliphatic rings. The summed E-state index contributed by atoms with van der Waals surface area (Å²) in [6.45, 7) is 0. The molecule has 0 saturated carbocycles. The Morgan fingerprint density at radius 2 is 2.25 bits per heavy atom. The molecular formula is C9H4BrNO. The molecule has 0 N–H and O–H groups in total. The van der Waals surface area contributed by atoms with Crippen LogP contribution in [0.2, 0.25) is 0 Å². The van der Waals surface area contributed by atoms with Crippen molar-refractivity contribution in [3.05, 3.63) is 34.5 Å². The molecule has 2 nitrogen and oxygen atoms in total. The summed E-state index contributed by atoms with van der Waals surface area (Å²) in [5, 5.41) is 9.57. The lowest BCUT2D eigenvalue weighted by Crippen LogP contribution is -1.71. The van der Waals surface area contributed by atoms with Crippen molar-refractivity contribution in [2.75, 3.05) is 0 Å². The molecule has 0 aliphatic heterocycles. The van der Waals surface area contributed by atoms with Crippen molar-refractivity contribution in [2.45, 2.75) is 0 Å². The van der Waals surface area contributed by atoms with Gasteiger partial charge in [-0.05, 0) is 28.1 Å². The zero-order chi connectivity index (χ0) is 8.55. The molecule has 0 unspecified atom stereocenters. The van der Waals surface area contributed by atoms with Gasteiger partial charge in [0, 0.05) is 4.47 Å². The van der Waals surface area contributed by atoms with Gasteiger partial charge in [-0.15, -0.1) is 0 Å². The second kappa shape index (κ2) is 2.65. The minimum absolute atomic E-state index is 0.567. The summed E-state index contributed by atoms with van der Waals surface area (Å²) in [4.78, 5) is 0. The molecule has 12 heavy (non-hydrogen) atoms. The summed E-state index contributed by atoms with van der Waals surface area (Å²) in [6.07, 6.45) is 1.47. The third-order valence-corrected chi connectivity index (χ3v) is 2.33. The van der Waals surface area contributed by atoms with E-state index in [0.29, 0.717) is 5.56 Å². The average molecular weight is 222 g/mol. The van der Waals surface area contributed by atoms with Crippen LogP contribution in [0.4, 0.5) is 0 Å². The fourth-order valence-corrected chi connectivity index (χ4v) is 1.69. The van der Waals surface area contributed by atoms with Crippen molar-refractivity contribution in [1.29, 1.82) is 5.26 Å². The van der Waals surface area contributed by atoms with E-state index in [9.17, 15) is 0 Å². The number of nitriles is 1. The summed E-state index contributed by atoms with van der Waals surface area (Å²) < 4.78 is 6.06. The fourth-order valence-electron chi connectivity index (χ4n) is 1.13. The van der Waals surface area contributed by atoms with E-state index in [-0.39, 0.29) is 0 Å². The third kappa shape index (κ3) is 0.926. The molecular weight excluding hydrogens is 218 g/mol. The van der Waals surface area contributed by atoms with Gasteiger partial charge in [0.15, 0.2) is 0 Å². The van der Waals surface area contributed by atoms with E-state index in [1.54, 1.807) is 0 Å². The molecule has 2 rings (SSSR count). The molecule has 0 radical (unpaired) electrons. The topological polar surface area (TPSA) is 36.9 Å². The van der Waals surface area contributed by atoms with Crippen molar-refractivity contribution in [2.24, 2.45) is 0 Å². The highest BCUT2D eigenvalue weighted by molar-refractivity contribution is 9.10. The Morgan fingerprint density at radius 1 is 1.42 bits per heavy atom. The van der Waals surface area contributed by atoms with Gasteiger partial charge >= 0.3 is 0 Å². The van der Waals surface area contributed by atoms with Crippen molar-refractivity contribution in [1.82, 2.24) is 0 Å². The summed E-state index contributed by atoms with van der Waals surface area (Å²) in [5.74, 6) is 0. The first kappa shape index (κ1) is 7.38. The molecule has 0 aliphatic carbocycles. The van der Waals surface area contributed by atoms with Gasteiger partial charge in [-0.1, -0.05) is 6.07 Å². The quantitative estimate of drug-likeness (QED) is 0.686. The predicted octanol–water partition coefficient (Wildman–Crippen LogP) is 3.07. The second-order valence-corrected chi connectivity index (χ2v) is 3.23. The molecule has 0 saturated heterocycles. The molecule has 1 heterocycles. The van der Waals surface area contributed by atoms with Crippen molar-refractivity contribution >= 4 is 26.9 Å². The van der Waals surface area contributed by atoms with E-state index in [4.69, 9.17) is 9.68 Å². The van der Waals surface area contributed by atoms with Crippen LogP contribution in [0.25, 0.3) is 11.0 Å². The molecule has 0 atom stereocenters. The predicted molar refractivity (Wildman–Crippen MR) is 48.6 cm³/mol. The maximum absolute atomic E-state index is 8.72. The van der Waals surface area contributed by atoms with Gasteiger partial charge < -0.3 is 4.42 Å². The van der Waals surface area contributed by atoms with Gasteiger partial charge in [0.1, 0.15) is 17.9 Å². The molecule has 3 heteroatoms. The molecule has 0 amide bonds. The van der Waals surface area contributed by atoms with Crippen LogP contribution in [0.3, 0.4) is 0 Å². The largest absolute Gasteiger partial charge is 0.463 e. The first-order chi connectivity index (χ1) is 5.83. The average Bonchev–Trinajstić information content (AvgIpc) is 2.49. The van der Waals surface area contributed by atoms with E-state index in [1.807, 2.05) is 18.2 Å². The van der Waals surface area contributed by atoms with Crippen LogP contribution in [0.5, 0.6) is 0 Å². The van der Waals surface area contributed by atoms with Crippen LogP contribution in [-0.2, 0) is 0 Å². The number of nitrogens with zero attached hydrogens (tertiary/aromatic N) is 1. The normalized spacial score (nSPS) is 10.0. The minimum Gasteiger partial charge on any atom is -0.463 e. The van der Waals surface area contributed by atoms with Crippen LogP contribution in [-0.4, -0.2) is 0 Å². The number of furan rings is 1. The monoisotopic (exact) mass is 221 g/mol. The van der Waals surface area contributed by atoms with Crippen LogP contribution >= 0.6 is 15.9 Å². The maximum Gasteiger partial charge on any atom is 0.136 e. The van der Waals surface area contributed by atoms with E-state index in [0.717, 1.165) is 15.4 Å². The molecule has 58 valence electrons.